The van der Waals surface area contributed by atoms with Crippen molar-refractivity contribution in [1.29, 1.82) is 0 Å². The van der Waals surface area contributed by atoms with Gasteiger partial charge < -0.3 is 10.4 Å². The molecule has 11 heteroatoms. The standard InChI is InChI=1S/C9H7F2N3O6/c10-4-1-5(11)7(14(18)19)2-6(4)12-9(17)13-20-3-8(15)16/h1-2H,3H2,(H,15,16)(H2,12,13,17). The Labute approximate surface area is 109 Å². The van der Waals surface area contributed by atoms with Crippen molar-refractivity contribution < 1.29 is 33.2 Å². The molecule has 1 rings (SSSR count). The molecule has 0 saturated heterocycles. The van der Waals surface area contributed by atoms with Gasteiger partial charge in [-0.2, -0.15) is 4.39 Å². The molecular weight excluding hydrogens is 284 g/mol. The van der Waals surface area contributed by atoms with Gasteiger partial charge in [-0.3, -0.25) is 15.0 Å². The molecule has 0 aliphatic rings. The zero-order chi connectivity index (χ0) is 15.3. The number of urea groups is 1. The number of aliphatic carboxylic acids is 1. The third-order valence-corrected chi connectivity index (χ3v) is 1.84. The first-order valence-electron chi connectivity index (χ1n) is 4.85. The maximum atomic E-state index is 13.3. The molecule has 0 atom stereocenters. The van der Waals surface area contributed by atoms with Gasteiger partial charge in [0.05, 0.1) is 10.6 Å². The first-order valence-corrected chi connectivity index (χ1v) is 4.85. The fourth-order valence-electron chi connectivity index (χ4n) is 1.08. The van der Waals surface area contributed by atoms with Crippen LogP contribution in [0.25, 0.3) is 0 Å². The number of carboxylic acid groups (broad SMARTS) is 1. The van der Waals surface area contributed by atoms with Gasteiger partial charge in [0.25, 0.3) is 0 Å². The number of benzene rings is 1. The highest BCUT2D eigenvalue weighted by molar-refractivity contribution is 5.89. The summed E-state index contributed by atoms with van der Waals surface area (Å²) in [7, 11) is 0. The summed E-state index contributed by atoms with van der Waals surface area (Å²) < 4.78 is 26.3. The largest absolute Gasteiger partial charge is 0.479 e. The van der Waals surface area contributed by atoms with Gasteiger partial charge in [-0.05, 0) is 0 Å². The van der Waals surface area contributed by atoms with Crippen LogP contribution in [-0.4, -0.2) is 28.6 Å². The van der Waals surface area contributed by atoms with E-state index in [-0.39, 0.29) is 6.07 Å². The van der Waals surface area contributed by atoms with E-state index in [2.05, 4.69) is 4.84 Å². The van der Waals surface area contributed by atoms with Crippen LogP contribution >= 0.6 is 0 Å². The number of rotatable bonds is 5. The first kappa shape index (κ1) is 15.2. The van der Waals surface area contributed by atoms with Crippen LogP contribution < -0.4 is 10.8 Å². The summed E-state index contributed by atoms with van der Waals surface area (Å²) >= 11 is 0. The summed E-state index contributed by atoms with van der Waals surface area (Å²) in [6.07, 6.45) is 0. The quantitative estimate of drug-likeness (QED) is 0.548. The Kier molecular flexibility index (Phi) is 4.86. The third kappa shape index (κ3) is 4.13. The number of nitrogens with zero attached hydrogens (tertiary/aromatic N) is 1. The molecule has 0 spiro atoms. The first-order chi connectivity index (χ1) is 9.31. The number of halogens is 2. The molecule has 20 heavy (non-hydrogen) atoms. The normalized spacial score (nSPS) is 9.90. The van der Waals surface area contributed by atoms with Crippen LogP contribution in [0.3, 0.4) is 0 Å². The Balaban J connectivity index is 2.76. The van der Waals surface area contributed by atoms with Gasteiger partial charge in [0.15, 0.2) is 6.61 Å². The summed E-state index contributed by atoms with van der Waals surface area (Å²) in [6.45, 7) is -0.848. The van der Waals surface area contributed by atoms with Crippen molar-refractivity contribution in [3.8, 4) is 0 Å². The zero-order valence-electron chi connectivity index (χ0n) is 9.55. The van der Waals surface area contributed by atoms with Crippen LogP contribution in [0.2, 0.25) is 0 Å². The molecule has 0 bridgehead atoms. The molecule has 3 N–H and O–H groups in total. The number of nitro benzene ring substituents is 1. The fraction of sp³-hybridized carbons (Fsp3) is 0.111. The second kappa shape index (κ2) is 6.38. The van der Waals surface area contributed by atoms with E-state index < -0.39 is 46.5 Å². The molecule has 0 aromatic heterocycles. The Bertz CT molecular complexity index is 565. The molecule has 0 aliphatic heterocycles. The van der Waals surface area contributed by atoms with Crippen LogP contribution in [0.15, 0.2) is 12.1 Å². The maximum Gasteiger partial charge on any atom is 0.343 e. The molecule has 1 aromatic rings. The SMILES string of the molecule is O=C(O)CONC(=O)Nc1cc([N+](=O)[O-])c(F)cc1F. The lowest BCUT2D eigenvalue weighted by molar-refractivity contribution is -0.387. The maximum absolute atomic E-state index is 13.3. The van der Waals surface area contributed by atoms with E-state index in [0.29, 0.717) is 6.07 Å². The lowest BCUT2D eigenvalue weighted by atomic mass is 10.2. The van der Waals surface area contributed by atoms with Crippen molar-refractivity contribution >= 4 is 23.4 Å². The van der Waals surface area contributed by atoms with E-state index in [0.717, 1.165) is 0 Å². The number of hydrogen-bond donors (Lipinski definition) is 3. The van der Waals surface area contributed by atoms with Gasteiger partial charge >= 0.3 is 17.7 Å². The molecule has 9 nitrogen and oxygen atoms in total. The minimum atomic E-state index is -1.40. The Morgan fingerprint density at radius 1 is 1.35 bits per heavy atom. The number of amides is 2. The minimum absolute atomic E-state index is 0.228. The summed E-state index contributed by atoms with van der Waals surface area (Å²) in [6, 6.07) is -0.487. The zero-order valence-corrected chi connectivity index (χ0v) is 9.55. The Hall–Kier alpha value is -2.82. The van der Waals surface area contributed by atoms with Crippen LogP contribution in [0, 0.1) is 21.7 Å². The van der Waals surface area contributed by atoms with Crippen LogP contribution in [-0.2, 0) is 9.63 Å². The number of nitro groups is 1. The van der Waals surface area contributed by atoms with Gasteiger partial charge in [-0.25, -0.2) is 19.5 Å². The molecule has 2 amide bonds. The second-order valence-corrected chi connectivity index (χ2v) is 3.28. The van der Waals surface area contributed by atoms with Gasteiger partial charge in [-0.15, -0.1) is 0 Å². The van der Waals surface area contributed by atoms with Crippen molar-refractivity contribution in [2.24, 2.45) is 0 Å². The van der Waals surface area contributed by atoms with E-state index in [1.54, 1.807) is 10.8 Å². The average Bonchev–Trinajstić information content (AvgIpc) is 2.31. The fourth-order valence-corrected chi connectivity index (χ4v) is 1.08. The van der Waals surface area contributed by atoms with E-state index >= 15 is 0 Å². The molecule has 108 valence electrons. The average molecular weight is 291 g/mol. The van der Waals surface area contributed by atoms with Gasteiger partial charge in [0.2, 0.25) is 5.82 Å². The van der Waals surface area contributed by atoms with Crippen LogP contribution in [0.1, 0.15) is 0 Å². The van der Waals surface area contributed by atoms with Crippen molar-refractivity contribution in [2.45, 2.75) is 0 Å². The van der Waals surface area contributed by atoms with Crippen molar-refractivity contribution in [3.05, 3.63) is 33.9 Å². The Morgan fingerprint density at radius 3 is 2.55 bits per heavy atom. The minimum Gasteiger partial charge on any atom is -0.479 e. The third-order valence-electron chi connectivity index (χ3n) is 1.84. The number of carbonyl (C=O) groups is 2. The van der Waals surface area contributed by atoms with Crippen molar-refractivity contribution in [3.63, 3.8) is 0 Å². The lowest BCUT2D eigenvalue weighted by Crippen LogP contribution is -2.31. The smallest absolute Gasteiger partial charge is 0.343 e. The summed E-state index contributed by atoms with van der Waals surface area (Å²) in [4.78, 5) is 34.7. The molecule has 0 fully saturated rings. The molecule has 0 radical (unpaired) electrons. The van der Waals surface area contributed by atoms with Crippen LogP contribution in [0.5, 0.6) is 0 Å². The summed E-state index contributed by atoms with van der Waals surface area (Å²) in [5.74, 6) is -4.02. The summed E-state index contributed by atoms with van der Waals surface area (Å²) in [5, 5.41) is 20.5. The van der Waals surface area contributed by atoms with E-state index in [1.165, 1.54) is 0 Å². The number of carbonyl (C=O) groups excluding carboxylic acids is 1. The molecule has 0 unspecified atom stereocenters. The number of hydrogen-bond acceptors (Lipinski definition) is 5. The highest BCUT2D eigenvalue weighted by atomic mass is 19.1. The molecular formula is C9H7F2N3O6. The molecule has 0 saturated carbocycles. The molecule has 1 aromatic carbocycles. The molecule has 0 aliphatic carbocycles. The number of nitrogens with one attached hydrogen (secondary N) is 2. The van der Waals surface area contributed by atoms with Gasteiger partial charge in [0, 0.05) is 12.1 Å². The predicted octanol–water partition coefficient (Wildman–Crippen LogP) is 1.01. The second-order valence-electron chi connectivity index (χ2n) is 3.28. The van der Waals surface area contributed by atoms with Crippen molar-refractivity contribution in [2.75, 3.05) is 11.9 Å². The van der Waals surface area contributed by atoms with E-state index in [4.69, 9.17) is 5.11 Å². The number of anilines is 1. The number of carboxylic acids is 1. The predicted molar refractivity (Wildman–Crippen MR) is 58.8 cm³/mol. The topological polar surface area (TPSA) is 131 Å². The summed E-state index contributed by atoms with van der Waals surface area (Å²) in [5.41, 5.74) is -0.114. The van der Waals surface area contributed by atoms with E-state index in [1.807, 2.05) is 0 Å². The lowest BCUT2D eigenvalue weighted by Gasteiger charge is -2.07. The van der Waals surface area contributed by atoms with Crippen molar-refractivity contribution in [1.82, 2.24) is 5.48 Å². The monoisotopic (exact) mass is 291 g/mol. The van der Waals surface area contributed by atoms with E-state index in [9.17, 15) is 28.5 Å². The highest BCUT2D eigenvalue weighted by Crippen LogP contribution is 2.24. The Morgan fingerprint density at radius 2 is 2.00 bits per heavy atom. The van der Waals surface area contributed by atoms with Crippen LogP contribution in [0.4, 0.5) is 25.0 Å². The molecule has 0 heterocycles. The van der Waals surface area contributed by atoms with Gasteiger partial charge in [0.1, 0.15) is 5.82 Å². The highest BCUT2D eigenvalue weighted by Gasteiger charge is 2.19. The van der Waals surface area contributed by atoms with Gasteiger partial charge in [-0.1, -0.05) is 0 Å². The number of hydroxylamine groups is 1.